The van der Waals surface area contributed by atoms with Crippen LogP contribution < -0.4 is 5.32 Å². The molecule has 2 unspecified atom stereocenters. The van der Waals surface area contributed by atoms with E-state index in [1.807, 2.05) is 0 Å². The second kappa shape index (κ2) is 28.8. The van der Waals surface area contributed by atoms with Gasteiger partial charge in [-0.05, 0) is 13.0 Å². The number of aliphatic hydroxyl groups is 3. The highest BCUT2D eigenvalue weighted by molar-refractivity contribution is 7.90. The van der Waals surface area contributed by atoms with Crippen molar-refractivity contribution in [2.45, 2.75) is 96.4 Å². The minimum Gasteiger partial charge on any atom is -0.617 e. The summed E-state index contributed by atoms with van der Waals surface area (Å²) in [6.45, 7) is 4.75. The Kier molecular flexibility index (Phi) is 30.3. The minimum absolute atomic E-state index is 0.0694. The van der Waals surface area contributed by atoms with E-state index in [-0.39, 0.29) is 19.8 Å². The number of carbonyl (C=O) groups is 1. The van der Waals surface area contributed by atoms with E-state index < -0.39 is 23.2 Å². The van der Waals surface area contributed by atoms with Gasteiger partial charge < -0.3 is 30.3 Å². The molecule has 0 amide bonds. The maximum atomic E-state index is 11.1. The van der Waals surface area contributed by atoms with Crippen molar-refractivity contribution in [2.75, 3.05) is 58.0 Å². The molecule has 34 heavy (non-hydrogen) atoms. The fraction of sp³-hybridized carbons (Fsp3) is 0.960. The van der Waals surface area contributed by atoms with Crippen LogP contribution in [0.4, 0.5) is 0 Å². The van der Waals surface area contributed by atoms with Gasteiger partial charge >= 0.3 is 5.97 Å². The molecule has 0 aromatic rings. The van der Waals surface area contributed by atoms with Crippen LogP contribution in [0.15, 0.2) is 0 Å². The average Bonchev–Trinajstić information content (AvgIpc) is 2.79. The smallest absolute Gasteiger partial charge is 0.320 e. The minimum atomic E-state index is -0.924. The lowest BCUT2D eigenvalue weighted by Crippen LogP contribution is -2.38. The zero-order valence-electron chi connectivity index (χ0n) is 21.9. The Labute approximate surface area is 211 Å². The Bertz CT molecular complexity index is 405. The van der Waals surface area contributed by atoms with Gasteiger partial charge in [0.15, 0.2) is 0 Å². The van der Waals surface area contributed by atoms with Crippen LogP contribution in [-0.2, 0) is 16.0 Å². The number of nitrogens with zero attached hydrogens (tertiary/aromatic N) is 1. The summed E-state index contributed by atoms with van der Waals surface area (Å²) in [5.41, 5.74) is 0. The summed E-state index contributed by atoms with van der Waals surface area (Å²) in [6.07, 6.45) is 17.7. The quantitative estimate of drug-likeness (QED) is 0.0988. The Morgan fingerprint density at radius 2 is 1.24 bits per heavy atom. The largest absolute Gasteiger partial charge is 0.617 e. The van der Waals surface area contributed by atoms with E-state index >= 15 is 0 Å². The molecule has 5 N–H and O–H groups in total. The van der Waals surface area contributed by atoms with Gasteiger partial charge in [0.25, 0.3) is 0 Å². The molecular weight excluding hydrogens is 456 g/mol. The molecule has 8 nitrogen and oxygen atoms in total. The first-order valence-electron chi connectivity index (χ1n) is 13.2. The monoisotopic (exact) mass is 510 g/mol. The number of unbranched alkanes of at least 4 members (excludes halogenated alkanes) is 11. The van der Waals surface area contributed by atoms with Crippen molar-refractivity contribution < 1.29 is 29.8 Å². The van der Waals surface area contributed by atoms with Crippen LogP contribution in [-0.4, -0.2) is 99.9 Å². The number of aliphatic carboxylic acids is 1. The zero-order valence-corrected chi connectivity index (χ0v) is 22.7. The van der Waals surface area contributed by atoms with Crippen LogP contribution in [0.25, 0.3) is 0 Å². The van der Waals surface area contributed by atoms with E-state index in [2.05, 4.69) is 12.2 Å². The normalized spacial score (nSPS) is 12.9. The second-order valence-corrected chi connectivity index (χ2v) is 10.4. The van der Waals surface area contributed by atoms with Crippen molar-refractivity contribution in [1.29, 1.82) is 0 Å². The number of aliphatic hydroxyl groups excluding tert-OH is 3. The molecule has 206 valence electrons. The molecular formula is C25H54N2O6S. The van der Waals surface area contributed by atoms with Gasteiger partial charge in [-0.15, -0.1) is 0 Å². The first-order chi connectivity index (χ1) is 16.4. The van der Waals surface area contributed by atoms with E-state index in [0.29, 0.717) is 31.8 Å². The molecule has 2 atom stereocenters. The van der Waals surface area contributed by atoms with Gasteiger partial charge in [0.05, 0.1) is 26.1 Å². The lowest BCUT2D eigenvalue weighted by atomic mass is 10.1. The fourth-order valence-electron chi connectivity index (χ4n) is 3.60. The van der Waals surface area contributed by atoms with Gasteiger partial charge in [-0.25, -0.2) is 0 Å². The van der Waals surface area contributed by atoms with Crippen molar-refractivity contribution in [3.05, 3.63) is 0 Å². The van der Waals surface area contributed by atoms with Crippen molar-refractivity contribution in [2.24, 2.45) is 0 Å². The Morgan fingerprint density at radius 3 is 1.59 bits per heavy atom. The second-order valence-electron chi connectivity index (χ2n) is 8.81. The van der Waals surface area contributed by atoms with Crippen molar-refractivity contribution in [3.8, 4) is 0 Å². The van der Waals surface area contributed by atoms with Gasteiger partial charge in [0, 0.05) is 26.1 Å². The molecule has 0 aliphatic carbocycles. The molecule has 0 bridgehead atoms. The molecule has 0 saturated carbocycles. The van der Waals surface area contributed by atoms with E-state index in [4.69, 9.17) is 20.4 Å². The summed E-state index contributed by atoms with van der Waals surface area (Å²) in [7, 11) is 0. The van der Waals surface area contributed by atoms with Crippen LogP contribution in [0.1, 0.15) is 90.4 Å². The molecule has 0 spiro atoms. The predicted molar refractivity (Wildman–Crippen MR) is 142 cm³/mol. The highest BCUT2D eigenvalue weighted by atomic mass is 32.2. The lowest BCUT2D eigenvalue weighted by Gasteiger charge is -2.17. The van der Waals surface area contributed by atoms with Gasteiger partial charge in [0.2, 0.25) is 0 Å². The van der Waals surface area contributed by atoms with E-state index in [1.54, 1.807) is 11.2 Å². The molecule has 0 saturated heterocycles. The van der Waals surface area contributed by atoms with E-state index in [0.717, 1.165) is 19.4 Å². The number of carboxylic acid groups (broad SMARTS) is 1. The molecule has 9 heteroatoms. The van der Waals surface area contributed by atoms with Gasteiger partial charge in [-0.2, -0.15) is 0 Å². The highest BCUT2D eigenvalue weighted by Gasteiger charge is 2.17. The molecule has 0 aromatic carbocycles. The zero-order chi connectivity index (χ0) is 25.9. The molecule has 0 aliphatic heterocycles. The van der Waals surface area contributed by atoms with Gasteiger partial charge in [-0.3, -0.25) is 9.69 Å². The number of carboxylic acids is 1. The summed E-state index contributed by atoms with van der Waals surface area (Å²) in [5, 5.41) is 37.6. The fourth-order valence-corrected chi connectivity index (χ4v) is 4.17. The van der Waals surface area contributed by atoms with Crippen LogP contribution in [0.5, 0.6) is 0 Å². The van der Waals surface area contributed by atoms with E-state index in [1.165, 1.54) is 64.2 Å². The first-order valence-corrected chi connectivity index (χ1v) is 15.0. The number of hydrogen-bond acceptors (Lipinski definition) is 7. The topological polar surface area (TPSA) is 136 Å². The van der Waals surface area contributed by atoms with Crippen LogP contribution >= 0.6 is 0 Å². The summed E-state index contributed by atoms with van der Waals surface area (Å²) in [6, 6.07) is -0.554. The van der Waals surface area contributed by atoms with Crippen LogP contribution in [0.2, 0.25) is 0 Å². The van der Waals surface area contributed by atoms with Crippen LogP contribution in [0, 0.1) is 0 Å². The first kappa shape index (κ1) is 35.7. The molecule has 0 aromatic heterocycles. The standard InChI is InChI=1S/C19H39NO3S.C6H15NO3/c1-3-4-5-6-7-8-9-10-11-12-13-14-16-20-18(19(21)22)15-17-24(2)23;8-4-1-7(2-5-9)3-6-10/h18,20H,3-17H2,1-2H3,(H,21,22);8-10H,1-6H2. The van der Waals surface area contributed by atoms with Crippen molar-refractivity contribution >= 4 is 17.1 Å². The van der Waals surface area contributed by atoms with Crippen LogP contribution in [0.3, 0.4) is 0 Å². The van der Waals surface area contributed by atoms with Gasteiger partial charge in [-0.1, -0.05) is 88.7 Å². The maximum Gasteiger partial charge on any atom is 0.320 e. The highest BCUT2D eigenvalue weighted by Crippen LogP contribution is 2.11. The Hall–Kier alpha value is -0.420. The average molecular weight is 511 g/mol. The third-order valence-corrected chi connectivity index (χ3v) is 6.47. The molecule has 0 aliphatic rings. The third-order valence-electron chi connectivity index (χ3n) is 5.66. The third kappa shape index (κ3) is 27.8. The van der Waals surface area contributed by atoms with Crippen molar-refractivity contribution in [3.63, 3.8) is 0 Å². The Morgan fingerprint density at radius 1 is 0.824 bits per heavy atom. The molecule has 0 heterocycles. The molecule has 0 fully saturated rings. The Balaban J connectivity index is 0. The molecule has 0 rings (SSSR count). The number of rotatable bonds is 24. The summed E-state index contributed by atoms with van der Waals surface area (Å²) < 4.78 is 11.1. The SMILES string of the molecule is CCCCCCCCCCCCCCNC(CC[S+](C)[O-])C(=O)O.OCCN(CCO)CCO. The van der Waals surface area contributed by atoms with E-state index in [9.17, 15) is 9.35 Å². The predicted octanol–water partition coefficient (Wildman–Crippen LogP) is 2.76. The summed E-state index contributed by atoms with van der Waals surface area (Å²) in [5.74, 6) is -0.387. The number of nitrogens with one attached hydrogen (secondary N) is 1. The van der Waals surface area contributed by atoms with Gasteiger partial charge in [0.1, 0.15) is 11.8 Å². The summed E-state index contributed by atoms with van der Waals surface area (Å²) >= 11 is -0.924. The maximum absolute atomic E-state index is 11.1. The van der Waals surface area contributed by atoms with Crippen molar-refractivity contribution in [1.82, 2.24) is 10.2 Å². The molecule has 0 radical (unpaired) electrons. The summed E-state index contributed by atoms with van der Waals surface area (Å²) in [4.78, 5) is 12.9. The lowest BCUT2D eigenvalue weighted by molar-refractivity contribution is -0.139. The number of hydrogen-bond donors (Lipinski definition) is 5.